The molecule has 5 aromatic heterocycles. The van der Waals surface area contributed by atoms with Crippen molar-refractivity contribution in [1.82, 2.24) is 30.1 Å². The van der Waals surface area contributed by atoms with Crippen molar-refractivity contribution in [2.45, 2.75) is 20.3 Å². The number of aromatic amines is 2. The van der Waals surface area contributed by atoms with Gasteiger partial charge in [-0.3, -0.25) is 9.89 Å². The second-order valence-electron chi connectivity index (χ2n) is 9.77. The number of phenols is 1. The Kier molecular flexibility index (Phi) is 5.99. The molecule has 0 saturated carbocycles. The van der Waals surface area contributed by atoms with E-state index >= 15 is 0 Å². The Labute approximate surface area is 222 Å². The van der Waals surface area contributed by atoms with Crippen LogP contribution >= 0.6 is 0 Å². The van der Waals surface area contributed by atoms with Gasteiger partial charge in [0.2, 0.25) is 5.91 Å². The molecule has 0 saturated heterocycles. The van der Waals surface area contributed by atoms with Crippen LogP contribution in [-0.4, -0.2) is 41.1 Å². The fraction of sp³-hybridized carbons (Fsp3) is 0.138. The molecule has 10 heteroatoms. The van der Waals surface area contributed by atoms with Crippen molar-refractivity contribution in [2.24, 2.45) is 5.92 Å². The first-order valence-corrected chi connectivity index (χ1v) is 12.4. The minimum atomic E-state index is -0.525. The topological polar surface area (TPSA) is 132 Å². The average molecular weight is 522 g/mol. The van der Waals surface area contributed by atoms with Gasteiger partial charge in [-0.2, -0.15) is 5.10 Å². The lowest BCUT2D eigenvalue weighted by atomic mass is 10.0. The number of H-pyrrole nitrogens is 2. The lowest BCUT2D eigenvalue weighted by molar-refractivity contribution is -0.116. The number of phenolic OH excluding ortho intramolecular Hbond substituents is 1. The number of amides is 1. The summed E-state index contributed by atoms with van der Waals surface area (Å²) in [5.41, 5.74) is 5.52. The van der Waals surface area contributed by atoms with E-state index in [0.717, 1.165) is 39.2 Å². The summed E-state index contributed by atoms with van der Waals surface area (Å²) in [5, 5.41) is 21.7. The van der Waals surface area contributed by atoms with E-state index in [4.69, 9.17) is 0 Å². The van der Waals surface area contributed by atoms with E-state index in [1.165, 1.54) is 12.1 Å². The molecule has 194 valence electrons. The van der Waals surface area contributed by atoms with Crippen LogP contribution in [0.2, 0.25) is 0 Å². The molecule has 0 unspecified atom stereocenters. The first kappa shape index (κ1) is 24.2. The molecule has 1 amide bonds. The third kappa shape index (κ3) is 4.79. The maximum atomic E-state index is 14.0. The summed E-state index contributed by atoms with van der Waals surface area (Å²) in [7, 11) is 0. The highest BCUT2D eigenvalue weighted by molar-refractivity contribution is 6.00. The van der Waals surface area contributed by atoms with E-state index in [0.29, 0.717) is 34.8 Å². The number of aromatic nitrogens is 6. The number of benzene rings is 1. The summed E-state index contributed by atoms with van der Waals surface area (Å²) in [6.45, 7) is 3.98. The van der Waals surface area contributed by atoms with E-state index in [-0.39, 0.29) is 17.6 Å². The first-order chi connectivity index (χ1) is 18.8. The van der Waals surface area contributed by atoms with E-state index in [2.05, 4.69) is 35.5 Å². The molecule has 0 bridgehead atoms. The summed E-state index contributed by atoms with van der Waals surface area (Å²) in [6.07, 6.45) is 5.42. The van der Waals surface area contributed by atoms with Gasteiger partial charge in [0.15, 0.2) is 5.65 Å². The van der Waals surface area contributed by atoms with Crippen LogP contribution in [-0.2, 0) is 4.79 Å². The van der Waals surface area contributed by atoms with Crippen molar-refractivity contribution in [1.29, 1.82) is 0 Å². The van der Waals surface area contributed by atoms with Gasteiger partial charge in [0, 0.05) is 47.4 Å². The van der Waals surface area contributed by atoms with Gasteiger partial charge in [-0.05, 0) is 65.1 Å². The van der Waals surface area contributed by atoms with Gasteiger partial charge in [0.05, 0.1) is 11.4 Å². The Balaban J connectivity index is 1.39. The normalized spacial score (nSPS) is 11.5. The number of carbonyl (C=O) groups is 1. The van der Waals surface area contributed by atoms with E-state index in [1.807, 2.05) is 38.1 Å². The van der Waals surface area contributed by atoms with Gasteiger partial charge < -0.3 is 15.4 Å². The molecule has 0 aliphatic rings. The fourth-order valence-electron chi connectivity index (χ4n) is 4.65. The molecule has 4 N–H and O–H groups in total. The molecule has 0 aliphatic heterocycles. The molecule has 0 atom stereocenters. The number of rotatable bonds is 6. The summed E-state index contributed by atoms with van der Waals surface area (Å²) >= 11 is 0. The monoisotopic (exact) mass is 521 g/mol. The number of nitrogens with one attached hydrogen (secondary N) is 3. The number of aromatic hydroxyl groups is 1. The minimum Gasteiger partial charge on any atom is -0.508 e. The third-order valence-electron chi connectivity index (χ3n) is 6.36. The molecule has 0 spiro atoms. The van der Waals surface area contributed by atoms with Crippen LogP contribution in [0.3, 0.4) is 0 Å². The van der Waals surface area contributed by atoms with Gasteiger partial charge in [-0.15, -0.1) is 0 Å². The summed E-state index contributed by atoms with van der Waals surface area (Å²) in [4.78, 5) is 28.8. The number of fused-ring (bicyclic) bond motifs is 2. The zero-order valence-corrected chi connectivity index (χ0v) is 21.2. The smallest absolute Gasteiger partial charge is 0.225 e. The number of anilines is 1. The lowest BCUT2D eigenvalue weighted by Crippen LogP contribution is -2.14. The van der Waals surface area contributed by atoms with Gasteiger partial charge >= 0.3 is 0 Å². The van der Waals surface area contributed by atoms with Gasteiger partial charge in [-0.1, -0.05) is 13.8 Å². The fourth-order valence-corrected chi connectivity index (χ4v) is 4.65. The predicted molar refractivity (Wildman–Crippen MR) is 147 cm³/mol. The van der Waals surface area contributed by atoms with Crippen molar-refractivity contribution >= 4 is 33.8 Å². The number of hydrogen-bond acceptors (Lipinski definition) is 6. The van der Waals surface area contributed by atoms with Crippen molar-refractivity contribution < 1.29 is 14.3 Å². The number of carbonyl (C=O) groups excluding carboxylic acids is 1. The molecule has 6 rings (SSSR count). The second kappa shape index (κ2) is 9.64. The third-order valence-corrected chi connectivity index (χ3v) is 6.36. The van der Waals surface area contributed by atoms with Gasteiger partial charge in [0.1, 0.15) is 23.0 Å². The number of nitrogens with zero attached hydrogens (tertiary/aromatic N) is 4. The minimum absolute atomic E-state index is 0.0828. The molecule has 39 heavy (non-hydrogen) atoms. The van der Waals surface area contributed by atoms with Crippen molar-refractivity contribution in [3.05, 3.63) is 72.9 Å². The second-order valence-corrected chi connectivity index (χ2v) is 9.77. The maximum Gasteiger partial charge on any atom is 0.225 e. The SMILES string of the molecule is CC(C)CC(=O)Nc1cc(-c2cnc3n[nH]c(-c4cc5c(-c6cc(O)cc(F)c6)ccnc5[nH]4)c3c2)ccn1. The predicted octanol–water partition coefficient (Wildman–Crippen LogP) is 6.06. The highest BCUT2D eigenvalue weighted by Gasteiger charge is 2.16. The molecule has 9 nitrogen and oxygen atoms in total. The van der Waals surface area contributed by atoms with E-state index in [9.17, 15) is 14.3 Å². The molecule has 0 fully saturated rings. The highest BCUT2D eigenvalue weighted by atomic mass is 19.1. The Hall–Kier alpha value is -5.12. The van der Waals surface area contributed by atoms with Crippen LogP contribution in [0, 0.1) is 11.7 Å². The van der Waals surface area contributed by atoms with E-state index in [1.54, 1.807) is 24.7 Å². The highest BCUT2D eigenvalue weighted by Crippen LogP contribution is 2.35. The number of pyridine rings is 3. The van der Waals surface area contributed by atoms with Crippen LogP contribution in [0.4, 0.5) is 10.2 Å². The summed E-state index contributed by atoms with van der Waals surface area (Å²) in [5.74, 6) is -0.0367. The lowest BCUT2D eigenvalue weighted by Gasteiger charge is -2.08. The molecule has 0 aliphatic carbocycles. The standard InChI is InChI=1S/C29H24FN7O2/c1-15(2)7-26(39)35-25-11-16(3-5-31-25)18-10-23-27(36-37-29(23)33-14-18)24-13-22-21(4-6-32-28(22)34-24)17-8-19(30)12-20(38)9-17/h3-6,8-15,38H,7H2,1-2H3,(H,32,34)(H,31,35,39)(H,33,36,37). The van der Waals surface area contributed by atoms with Crippen molar-refractivity contribution in [3.63, 3.8) is 0 Å². The summed E-state index contributed by atoms with van der Waals surface area (Å²) < 4.78 is 14.0. The number of halogens is 1. The number of hydrogen-bond donors (Lipinski definition) is 4. The quantitative estimate of drug-likeness (QED) is 0.211. The van der Waals surface area contributed by atoms with Crippen LogP contribution in [0.25, 0.3) is 55.7 Å². The molecule has 1 aromatic carbocycles. The average Bonchev–Trinajstić information content (AvgIpc) is 3.51. The molecule has 5 heterocycles. The molecular formula is C29H24FN7O2. The zero-order chi connectivity index (χ0) is 27.1. The molecule has 0 radical (unpaired) electrons. The Bertz CT molecular complexity index is 1840. The Morgan fingerprint density at radius 1 is 0.974 bits per heavy atom. The van der Waals surface area contributed by atoms with Crippen LogP contribution in [0.1, 0.15) is 20.3 Å². The van der Waals surface area contributed by atoms with Gasteiger partial charge in [-0.25, -0.2) is 19.3 Å². The maximum absolute atomic E-state index is 14.0. The Morgan fingerprint density at radius 2 is 1.82 bits per heavy atom. The molecular weight excluding hydrogens is 497 g/mol. The Morgan fingerprint density at radius 3 is 2.64 bits per heavy atom. The zero-order valence-electron chi connectivity index (χ0n) is 21.2. The van der Waals surface area contributed by atoms with Crippen LogP contribution in [0.15, 0.2) is 67.1 Å². The van der Waals surface area contributed by atoms with Crippen LogP contribution in [0.5, 0.6) is 5.75 Å². The molecule has 6 aromatic rings. The summed E-state index contributed by atoms with van der Waals surface area (Å²) in [6, 6.07) is 13.3. The van der Waals surface area contributed by atoms with Crippen LogP contribution < -0.4 is 5.32 Å². The van der Waals surface area contributed by atoms with E-state index < -0.39 is 5.82 Å². The first-order valence-electron chi connectivity index (χ1n) is 12.4. The van der Waals surface area contributed by atoms with Gasteiger partial charge in [0.25, 0.3) is 0 Å². The largest absolute Gasteiger partial charge is 0.508 e. The van der Waals surface area contributed by atoms with Crippen molar-refractivity contribution in [2.75, 3.05) is 5.32 Å². The van der Waals surface area contributed by atoms with Crippen molar-refractivity contribution in [3.8, 4) is 39.4 Å².